The summed E-state index contributed by atoms with van der Waals surface area (Å²) in [6, 6.07) is 4.00. The van der Waals surface area contributed by atoms with Crippen LogP contribution in [0.15, 0.2) is 23.9 Å². The van der Waals surface area contributed by atoms with E-state index in [1.807, 2.05) is 26.0 Å². The molecule has 1 unspecified atom stereocenters. The second-order valence-corrected chi connectivity index (χ2v) is 5.16. The second-order valence-electron chi connectivity index (χ2n) is 5.16. The fourth-order valence-corrected chi connectivity index (χ4v) is 2.12. The van der Waals surface area contributed by atoms with Crippen LogP contribution in [0, 0.1) is 19.8 Å². The molecule has 1 aromatic carbocycles. The van der Waals surface area contributed by atoms with Gasteiger partial charge in [0.05, 0.1) is 11.4 Å². The highest BCUT2D eigenvalue weighted by Crippen LogP contribution is 2.27. The minimum atomic E-state index is 0.146. The van der Waals surface area contributed by atoms with Crippen molar-refractivity contribution in [2.45, 2.75) is 33.6 Å². The van der Waals surface area contributed by atoms with Gasteiger partial charge in [0.2, 0.25) is 0 Å². The Balaban J connectivity index is 2.22. The quantitative estimate of drug-likeness (QED) is 0.786. The van der Waals surface area contributed by atoms with E-state index in [1.165, 1.54) is 11.1 Å². The first-order valence-corrected chi connectivity index (χ1v) is 6.35. The number of rotatable bonds is 2. The summed E-state index contributed by atoms with van der Waals surface area (Å²) in [4.78, 5) is 11.7. The minimum absolute atomic E-state index is 0.146. The highest BCUT2D eigenvalue weighted by atomic mass is 16.1. The van der Waals surface area contributed by atoms with Gasteiger partial charge in [0.15, 0.2) is 5.78 Å². The number of aryl methyl sites for hydroxylation is 2. The van der Waals surface area contributed by atoms with E-state index in [1.54, 1.807) is 6.08 Å². The molecule has 0 amide bonds. The zero-order valence-corrected chi connectivity index (χ0v) is 11.2. The minimum Gasteiger partial charge on any atom is -0.397 e. The number of nitrogens with one attached hydrogen (secondary N) is 1. The van der Waals surface area contributed by atoms with E-state index in [9.17, 15) is 4.79 Å². The van der Waals surface area contributed by atoms with Crippen molar-refractivity contribution in [2.24, 2.45) is 5.92 Å². The van der Waals surface area contributed by atoms with Crippen molar-refractivity contribution in [3.8, 4) is 0 Å². The van der Waals surface area contributed by atoms with Gasteiger partial charge in [-0.2, -0.15) is 0 Å². The van der Waals surface area contributed by atoms with Crippen LogP contribution in [0.25, 0.3) is 0 Å². The van der Waals surface area contributed by atoms with Gasteiger partial charge >= 0.3 is 0 Å². The van der Waals surface area contributed by atoms with Crippen LogP contribution >= 0.6 is 0 Å². The van der Waals surface area contributed by atoms with Crippen molar-refractivity contribution >= 4 is 17.2 Å². The van der Waals surface area contributed by atoms with Crippen LogP contribution < -0.4 is 11.1 Å². The smallest absolute Gasteiger partial charge is 0.160 e. The molecule has 0 saturated heterocycles. The van der Waals surface area contributed by atoms with Crippen molar-refractivity contribution < 1.29 is 4.79 Å². The summed E-state index contributed by atoms with van der Waals surface area (Å²) in [5, 5.41) is 3.28. The van der Waals surface area contributed by atoms with Crippen LogP contribution in [0.3, 0.4) is 0 Å². The molecule has 1 atom stereocenters. The number of hydrogen-bond donors (Lipinski definition) is 2. The van der Waals surface area contributed by atoms with E-state index in [4.69, 9.17) is 5.73 Å². The highest BCUT2D eigenvalue weighted by Gasteiger charge is 2.18. The summed E-state index contributed by atoms with van der Waals surface area (Å²) in [5.41, 5.74) is 11.0. The summed E-state index contributed by atoms with van der Waals surface area (Å²) in [5.74, 6) is 0.346. The molecular formula is C15H20N2O. The maximum atomic E-state index is 11.7. The average molecular weight is 244 g/mol. The Kier molecular flexibility index (Phi) is 3.41. The van der Waals surface area contributed by atoms with Crippen molar-refractivity contribution in [3.05, 3.63) is 35.0 Å². The van der Waals surface area contributed by atoms with Crippen LogP contribution in [0.5, 0.6) is 0 Å². The van der Waals surface area contributed by atoms with Gasteiger partial charge in [0, 0.05) is 17.7 Å². The molecule has 96 valence electrons. The Morgan fingerprint density at radius 1 is 1.28 bits per heavy atom. The lowest BCUT2D eigenvalue weighted by Gasteiger charge is -2.20. The monoisotopic (exact) mass is 244 g/mol. The van der Waals surface area contributed by atoms with E-state index in [0.29, 0.717) is 0 Å². The lowest BCUT2D eigenvalue weighted by atomic mass is 9.93. The van der Waals surface area contributed by atoms with Gasteiger partial charge in [-0.3, -0.25) is 4.79 Å². The Bertz CT molecular complexity index is 517. The SMILES string of the molecule is Cc1cc(N)c(NC2=CC(=O)C(C)CC2)cc1C. The lowest BCUT2D eigenvalue weighted by Crippen LogP contribution is -2.17. The van der Waals surface area contributed by atoms with Gasteiger partial charge in [-0.15, -0.1) is 0 Å². The number of benzene rings is 1. The topological polar surface area (TPSA) is 55.1 Å². The Labute approximate surface area is 108 Å². The Morgan fingerprint density at radius 3 is 2.61 bits per heavy atom. The van der Waals surface area contributed by atoms with Crippen LogP contribution in [-0.4, -0.2) is 5.78 Å². The van der Waals surface area contributed by atoms with Gasteiger partial charge < -0.3 is 11.1 Å². The Hall–Kier alpha value is -1.77. The molecule has 18 heavy (non-hydrogen) atoms. The third-order valence-corrected chi connectivity index (χ3v) is 3.61. The van der Waals surface area contributed by atoms with E-state index >= 15 is 0 Å². The third-order valence-electron chi connectivity index (χ3n) is 3.61. The summed E-state index contributed by atoms with van der Waals surface area (Å²) in [7, 11) is 0. The predicted octanol–water partition coefficient (Wildman–Crippen LogP) is 3.18. The van der Waals surface area contributed by atoms with Gasteiger partial charge in [-0.25, -0.2) is 0 Å². The van der Waals surface area contributed by atoms with Crippen molar-refractivity contribution in [1.82, 2.24) is 0 Å². The van der Waals surface area contributed by atoms with Crippen LogP contribution in [0.4, 0.5) is 11.4 Å². The van der Waals surface area contributed by atoms with Gasteiger partial charge in [0.25, 0.3) is 0 Å². The number of ketones is 1. The molecule has 1 aliphatic carbocycles. The van der Waals surface area contributed by atoms with Crippen molar-refractivity contribution in [3.63, 3.8) is 0 Å². The van der Waals surface area contributed by atoms with Gasteiger partial charge in [0.1, 0.15) is 0 Å². The largest absolute Gasteiger partial charge is 0.397 e. The molecule has 0 aromatic heterocycles. The molecule has 0 spiro atoms. The second kappa shape index (κ2) is 4.84. The highest BCUT2D eigenvalue weighted by molar-refractivity contribution is 5.93. The van der Waals surface area contributed by atoms with Crippen LogP contribution in [-0.2, 0) is 4.79 Å². The first kappa shape index (κ1) is 12.7. The summed E-state index contributed by atoms with van der Waals surface area (Å²) in [6.07, 6.45) is 3.52. The molecule has 1 aromatic rings. The van der Waals surface area contributed by atoms with E-state index < -0.39 is 0 Å². The van der Waals surface area contributed by atoms with Crippen molar-refractivity contribution in [2.75, 3.05) is 11.1 Å². The molecule has 1 aliphatic rings. The molecule has 2 rings (SSSR count). The molecule has 0 radical (unpaired) electrons. The zero-order chi connectivity index (χ0) is 13.3. The Morgan fingerprint density at radius 2 is 1.94 bits per heavy atom. The standard InChI is InChI=1S/C15H20N2O/c1-9-4-5-12(8-15(9)18)17-14-7-11(3)10(2)6-13(14)16/h6-9,17H,4-5,16H2,1-3H3. The number of carbonyl (C=O) groups excluding carboxylic acids is 1. The molecule has 3 nitrogen and oxygen atoms in total. The third kappa shape index (κ3) is 2.55. The number of anilines is 2. The number of nitrogen functional groups attached to an aromatic ring is 1. The van der Waals surface area contributed by atoms with Gasteiger partial charge in [-0.1, -0.05) is 6.92 Å². The first-order chi connectivity index (χ1) is 8.47. The van der Waals surface area contributed by atoms with E-state index in [0.717, 1.165) is 29.9 Å². The molecule has 3 heteroatoms. The molecular weight excluding hydrogens is 224 g/mol. The van der Waals surface area contributed by atoms with E-state index in [-0.39, 0.29) is 11.7 Å². The predicted molar refractivity (Wildman–Crippen MR) is 75.4 cm³/mol. The molecule has 0 bridgehead atoms. The van der Waals surface area contributed by atoms with Crippen LogP contribution in [0.2, 0.25) is 0 Å². The van der Waals surface area contributed by atoms with Crippen molar-refractivity contribution in [1.29, 1.82) is 0 Å². The molecule has 0 heterocycles. The molecule has 0 saturated carbocycles. The maximum absolute atomic E-state index is 11.7. The molecule has 0 fully saturated rings. The average Bonchev–Trinajstić information content (AvgIpc) is 2.31. The summed E-state index contributed by atoms with van der Waals surface area (Å²) < 4.78 is 0. The normalized spacial score (nSPS) is 19.6. The molecule has 0 aliphatic heterocycles. The fourth-order valence-electron chi connectivity index (χ4n) is 2.12. The summed E-state index contributed by atoms with van der Waals surface area (Å²) in [6.45, 7) is 6.07. The number of carbonyl (C=O) groups is 1. The maximum Gasteiger partial charge on any atom is 0.160 e. The van der Waals surface area contributed by atoms with Crippen LogP contribution in [0.1, 0.15) is 30.9 Å². The first-order valence-electron chi connectivity index (χ1n) is 6.35. The number of allylic oxidation sites excluding steroid dienone is 2. The fraction of sp³-hybridized carbons (Fsp3) is 0.400. The van der Waals surface area contributed by atoms with E-state index in [2.05, 4.69) is 12.2 Å². The zero-order valence-electron chi connectivity index (χ0n) is 11.2. The summed E-state index contributed by atoms with van der Waals surface area (Å²) >= 11 is 0. The number of hydrogen-bond acceptors (Lipinski definition) is 3. The van der Waals surface area contributed by atoms with Gasteiger partial charge in [-0.05, 0) is 49.9 Å². The number of nitrogens with two attached hydrogens (primary N) is 1. The lowest BCUT2D eigenvalue weighted by molar-refractivity contribution is -0.118. The molecule has 3 N–H and O–H groups in total.